The first-order valence-electron chi connectivity index (χ1n) is 6.92. The SMILES string of the molecule is CCOC(=O)c1c(O)c2c(ccn2-c2ccc(Br)cc2)[nH]c1=O. The van der Waals surface area contributed by atoms with Crippen molar-refractivity contribution in [2.75, 3.05) is 6.61 Å². The lowest BCUT2D eigenvalue weighted by Gasteiger charge is -2.09. The minimum atomic E-state index is -0.850. The molecule has 0 unspecified atom stereocenters. The number of fused-ring (bicyclic) bond motifs is 1. The van der Waals surface area contributed by atoms with E-state index in [0.717, 1.165) is 10.2 Å². The van der Waals surface area contributed by atoms with Crippen molar-refractivity contribution >= 4 is 32.9 Å². The predicted octanol–water partition coefficient (Wildman–Crippen LogP) is 2.96. The number of pyridine rings is 1. The number of H-pyrrole nitrogens is 1. The summed E-state index contributed by atoms with van der Waals surface area (Å²) < 4.78 is 7.45. The van der Waals surface area contributed by atoms with Crippen LogP contribution in [0.4, 0.5) is 0 Å². The topological polar surface area (TPSA) is 84.3 Å². The highest BCUT2D eigenvalue weighted by molar-refractivity contribution is 9.10. The Morgan fingerprint density at radius 1 is 1.30 bits per heavy atom. The number of rotatable bonds is 3. The van der Waals surface area contributed by atoms with E-state index < -0.39 is 22.8 Å². The number of aromatic hydroxyl groups is 1. The number of aromatic amines is 1. The van der Waals surface area contributed by atoms with E-state index in [1.165, 1.54) is 0 Å². The van der Waals surface area contributed by atoms with Gasteiger partial charge in [0, 0.05) is 16.4 Å². The van der Waals surface area contributed by atoms with Gasteiger partial charge in [0.25, 0.3) is 5.56 Å². The molecule has 0 bridgehead atoms. The molecule has 0 saturated heterocycles. The molecule has 2 aromatic heterocycles. The molecule has 0 saturated carbocycles. The number of esters is 1. The van der Waals surface area contributed by atoms with Crippen LogP contribution in [0, 0.1) is 0 Å². The number of aromatic nitrogens is 2. The minimum absolute atomic E-state index is 0.115. The standard InChI is InChI=1S/C16H13BrN2O4/c1-2-23-16(22)12-14(20)13-11(18-15(12)21)7-8-19(13)10-5-3-9(17)4-6-10/h3-8H,2H2,1H3,(H2,18,20,21). The molecular weight excluding hydrogens is 364 g/mol. The number of hydrogen-bond acceptors (Lipinski definition) is 4. The maximum atomic E-state index is 12.0. The molecule has 0 radical (unpaired) electrons. The summed E-state index contributed by atoms with van der Waals surface area (Å²) in [6.45, 7) is 1.75. The Morgan fingerprint density at radius 2 is 2.00 bits per heavy atom. The molecule has 3 aromatic rings. The summed E-state index contributed by atoms with van der Waals surface area (Å²) in [5, 5.41) is 10.5. The third kappa shape index (κ3) is 2.63. The van der Waals surface area contributed by atoms with E-state index in [1.807, 2.05) is 24.3 Å². The molecular formula is C16H13BrN2O4. The fourth-order valence-electron chi connectivity index (χ4n) is 2.40. The Bertz CT molecular complexity index is 941. The van der Waals surface area contributed by atoms with Gasteiger partial charge in [-0.15, -0.1) is 0 Å². The summed E-state index contributed by atoms with van der Waals surface area (Å²) in [5.74, 6) is -1.24. The molecule has 7 heteroatoms. The minimum Gasteiger partial charge on any atom is -0.505 e. The summed E-state index contributed by atoms with van der Waals surface area (Å²) in [5.41, 5.74) is 0.484. The first kappa shape index (κ1) is 15.4. The Morgan fingerprint density at radius 3 is 2.65 bits per heavy atom. The van der Waals surface area contributed by atoms with Crippen LogP contribution in [0.5, 0.6) is 5.75 Å². The molecule has 3 rings (SSSR count). The van der Waals surface area contributed by atoms with E-state index in [4.69, 9.17) is 4.74 Å². The summed E-state index contributed by atoms with van der Waals surface area (Å²) in [6.07, 6.45) is 1.71. The Kier molecular flexibility index (Phi) is 3.96. The summed E-state index contributed by atoms with van der Waals surface area (Å²) in [7, 11) is 0. The summed E-state index contributed by atoms with van der Waals surface area (Å²) in [6, 6.07) is 9.07. The van der Waals surface area contributed by atoms with Crippen LogP contribution < -0.4 is 5.56 Å². The van der Waals surface area contributed by atoms with Crippen molar-refractivity contribution in [1.29, 1.82) is 0 Å². The van der Waals surface area contributed by atoms with Gasteiger partial charge in [-0.25, -0.2) is 4.79 Å². The van der Waals surface area contributed by atoms with E-state index >= 15 is 0 Å². The van der Waals surface area contributed by atoms with E-state index in [2.05, 4.69) is 20.9 Å². The van der Waals surface area contributed by atoms with Gasteiger partial charge in [-0.2, -0.15) is 0 Å². The highest BCUT2D eigenvalue weighted by Gasteiger charge is 2.22. The van der Waals surface area contributed by atoms with Crippen molar-refractivity contribution in [3.8, 4) is 11.4 Å². The quantitative estimate of drug-likeness (QED) is 0.688. The first-order valence-corrected chi connectivity index (χ1v) is 7.71. The van der Waals surface area contributed by atoms with Gasteiger partial charge >= 0.3 is 5.97 Å². The normalized spacial score (nSPS) is 10.9. The maximum absolute atomic E-state index is 12.0. The maximum Gasteiger partial charge on any atom is 0.347 e. The lowest BCUT2D eigenvalue weighted by atomic mass is 10.2. The first-order chi connectivity index (χ1) is 11.0. The molecule has 0 amide bonds. The molecule has 118 valence electrons. The van der Waals surface area contributed by atoms with Gasteiger partial charge in [0.15, 0.2) is 11.3 Å². The molecule has 2 N–H and O–H groups in total. The molecule has 2 heterocycles. The lowest BCUT2D eigenvalue weighted by molar-refractivity contribution is 0.0521. The number of carbonyl (C=O) groups excluding carboxylic acids is 1. The molecule has 0 fully saturated rings. The second kappa shape index (κ2) is 5.92. The summed E-state index contributed by atoms with van der Waals surface area (Å²) in [4.78, 5) is 26.5. The summed E-state index contributed by atoms with van der Waals surface area (Å²) >= 11 is 3.36. The molecule has 23 heavy (non-hydrogen) atoms. The second-order valence-electron chi connectivity index (χ2n) is 4.82. The van der Waals surface area contributed by atoms with Gasteiger partial charge in [0.1, 0.15) is 5.52 Å². The number of nitrogens with one attached hydrogen (secondary N) is 1. The van der Waals surface area contributed by atoms with Gasteiger partial charge in [0.2, 0.25) is 0 Å². The third-order valence-corrected chi connectivity index (χ3v) is 3.94. The fraction of sp³-hybridized carbons (Fsp3) is 0.125. The molecule has 0 atom stereocenters. The molecule has 1 aromatic carbocycles. The monoisotopic (exact) mass is 376 g/mol. The van der Waals surface area contributed by atoms with Gasteiger partial charge in [-0.1, -0.05) is 15.9 Å². The van der Waals surface area contributed by atoms with Crippen LogP contribution in [-0.4, -0.2) is 27.2 Å². The highest BCUT2D eigenvalue weighted by atomic mass is 79.9. The number of ether oxygens (including phenoxy) is 1. The number of hydrogen-bond donors (Lipinski definition) is 2. The van der Waals surface area contributed by atoms with Crippen LogP contribution in [0.15, 0.2) is 45.8 Å². The average molecular weight is 377 g/mol. The molecule has 6 nitrogen and oxygen atoms in total. The van der Waals surface area contributed by atoms with Crippen molar-refractivity contribution in [2.45, 2.75) is 6.92 Å². The van der Waals surface area contributed by atoms with Gasteiger partial charge in [-0.3, -0.25) is 4.79 Å². The molecule has 0 aliphatic carbocycles. The van der Waals surface area contributed by atoms with E-state index in [1.54, 1.807) is 23.8 Å². The van der Waals surface area contributed by atoms with Crippen LogP contribution in [0.2, 0.25) is 0 Å². The van der Waals surface area contributed by atoms with Gasteiger partial charge in [-0.05, 0) is 37.3 Å². The number of nitrogens with zero attached hydrogens (tertiary/aromatic N) is 1. The Hall–Kier alpha value is -2.54. The van der Waals surface area contributed by atoms with Gasteiger partial charge < -0.3 is 19.4 Å². The van der Waals surface area contributed by atoms with Crippen LogP contribution in [0.25, 0.3) is 16.7 Å². The van der Waals surface area contributed by atoms with Crippen LogP contribution in [0.1, 0.15) is 17.3 Å². The fourth-order valence-corrected chi connectivity index (χ4v) is 2.66. The number of carbonyl (C=O) groups is 1. The largest absolute Gasteiger partial charge is 0.505 e. The predicted molar refractivity (Wildman–Crippen MR) is 89.2 cm³/mol. The van der Waals surface area contributed by atoms with Crippen LogP contribution >= 0.6 is 15.9 Å². The Balaban J connectivity index is 2.26. The van der Waals surface area contributed by atoms with Crippen molar-refractivity contribution in [1.82, 2.24) is 9.55 Å². The van der Waals surface area contributed by atoms with Crippen LogP contribution in [-0.2, 0) is 4.74 Å². The van der Waals surface area contributed by atoms with Gasteiger partial charge in [0.05, 0.1) is 12.1 Å². The van der Waals surface area contributed by atoms with E-state index in [-0.39, 0.29) is 6.61 Å². The smallest absolute Gasteiger partial charge is 0.347 e. The number of benzene rings is 1. The highest BCUT2D eigenvalue weighted by Crippen LogP contribution is 2.29. The average Bonchev–Trinajstić information content (AvgIpc) is 2.92. The van der Waals surface area contributed by atoms with Crippen LogP contribution in [0.3, 0.4) is 0 Å². The zero-order valence-corrected chi connectivity index (χ0v) is 13.8. The molecule has 0 spiro atoms. The second-order valence-corrected chi connectivity index (χ2v) is 5.74. The van der Waals surface area contributed by atoms with E-state index in [9.17, 15) is 14.7 Å². The van der Waals surface area contributed by atoms with Crippen molar-refractivity contribution in [3.63, 3.8) is 0 Å². The zero-order chi connectivity index (χ0) is 16.6. The van der Waals surface area contributed by atoms with Crippen molar-refractivity contribution in [3.05, 3.63) is 56.9 Å². The number of halogens is 1. The van der Waals surface area contributed by atoms with Crippen molar-refractivity contribution < 1.29 is 14.6 Å². The zero-order valence-electron chi connectivity index (χ0n) is 12.2. The van der Waals surface area contributed by atoms with Crippen molar-refractivity contribution in [2.24, 2.45) is 0 Å². The molecule has 0 aliphatic heterocycles. The van der Waals surface area contributed by atoms with E-state index in [0.29, 0.717) is 11.0 Å². The molecule has 0 aliphatic rings. The lowest BCUT2D eigenvalue weighted by Crippen LogP contribution is -2.20. The Labute approximate surface area is 139 Å². The third-order valence-electron chi connectivity index (χ3n) is 3.41.